The van der Waals surface area contributed by atoms with Gasteiger partial charge in [0.15, 0.2) is 5.11 Å². The van der Waals surface area contributed by atoms with Crippen molar-refractivity contribution < 1.29 is 14.3 Å². The van der Waals surface area contributed by atoms with Crippen LogP contribution in [0.25, 0.3) is 0 Å². The third kappa shape index (κ3) is 7.46. The second kappa shape index (κ2) is 10.4. The van der Waals surface area contributed by atoms with Crippen molar-refractivity contribution in [2.75, 3.05) is 19.8 Å². The number of benzene rings is 1. The minimum absolute atomic E-state index is 0.141. The molecule has 8 heteroatoms. The van der Waals surface area contributed by atoms with Crippen LogP contribution < -0.4 is 20.9 Å². The van der Waals surface area contributed by atoms with E-state index in [2.05, 4.69) is 16.2 Å². The van der Waals surface area contributed by atoms with Crippen LogP contribution in [0.4, 0.5) is 0 Å². The minimum Gasteiger partial charge on any atom is -0.493 e. The first-order valence-corrected chi connectivity index (χ1v) is 9.16. The van der Waals surface area contributed by atoms with E-state index in [4.69, 9.17) is 33.3 Å². The van der Waals surface area contributed by atoms with Gasteiger partial charge in [0.05, 0.1) is 12.7 Å². The molecule has 6 nitrogen and oxygen atoms in total. The van der Waals surface area contributed by atoms with Gasteiger partial charge in [-0.1, -0.05) is 11.6 Å². The molecule has 1 aromatic carbocycles. The smallest absolute Gasteiger partial charge is 0.238 e. The van der Waals surface area contributed by atoms with Crippen LogP contribution in [0.3, 0.4) is 0 Å². The Morgan fingerprint density at radius 2 is 2.28 bits per heavy atom. The van der Waals surface area contributed by atoms with Gasteiger partial charge in [0, 0.05) is 24.6 Å². The highest BCUT2D eigenvalue weighted by Gasteiger charge is 2.15. The highest BCUT2D eigenvalue weighted by Crippen LogP contribution is 2.21. The lowest BCUT2D eigenvalue weighted by molar-refractivity contribution is -0.121. The van der Waals surface area contributed by atoms with Crippen LogP contribution >= 0.6 is 23.8 Å². The fourth-order valence-corrected chi connectivity index (χ4v) is 2.80. The average molecular weight is 386 g/mol. The largest absolute Gasteiger partial charge is 0.493 e. The molecule has 1 fully saturated rings. The minimum atomic E-state index is -0.141. The zero-order valence-corrected chi connectivity index (χ0v) is 15.8. The Morgan fingerprint density at radius 1 is 1.44 bits per heavy atom. The number of thiocarbonyl (C=S) groups is 1. The molecule has 0 aromatic heterocycles. The van der Waals surface area contributed by atoms with Crippen molar-refractivity contribution >= 4 is 34.8 Å². The third-order valence-electron chi connectivity index (χ3n) is 3.77. The second-order valence-electron chi connectivity index (χ2n) is 5.88. The van der Waals surface area contributed by atoms with Gasteiger partial charge in [0.25, 0.3) is 0 Å². The Balaban J connectivity index is 1.53. The summed E-state index contributed by atoms with van der Waals surface area (Å²) in [6.07, 6.45) is 3.26. The number of amides is 1. The van der Waals surface area contributed by atoms with E-state index < -0.39 is 0 Å². The molecule has 3 N–H and O–H groups in total. The molecule has 0 bridgehead atoms. The van der Waals surface area contributed by atoms with E-state index in [9.17, 15) is 4.79 Å². The first kappa shape index (κ1) is 19.8. The van der Waals surface area contributed by atoms with Gasteiger partial charge < -0.3 is 14.8 Å². The number of hydrogen-bond acceptors (Lipinski definition) is 4. The van der Waals surface area contributed by atoms with Crippen LogP contribution in [0, 0.1) is 6.92 Å². The molecule has 0 unspecified atom stereocenters. The number of aryl methyl sites for hydroxylation is 1. The molecule has 25 heavy (non-hydrogen) atoms. The van der Waals surface area contributed by atoms with Crippen LogP contribution in [0.15, 0.2) is 18.2 Å². The molecule has 0 saturated carbocycles. The Hall–Kier alpha value is -1.57. The first-order chi connectivity index (χ1) is 12.0. The van der Waals surface area contributed by atoms with Crippen LogP contribution in [0.1, 0.15) is 31.2 Å². The predicted octanol–water partition coefficient (Wildman–Crippen LogP) is 2.48. The SMILES string of the molecule is Cc1cc(Cl)ccc1OCCCC(=O)NNC(=S)NC[C@H]1CCCO1. The summed E-state index contributed by atoms with van der Waals surface area (Å²) >= 11 is 11.0. The summed E-state index contributed by atoms with van der Waals surface area (Å²) < 4.78 is 11.1. The average Bonchev–Trinajstić information content (AvgIpc) is 3.10. The van der Waals surface area contributed by atoms with Crippen molar-refractivity contribution in [1.82, 2.24) is 16.2 Å². The number of carbonyl (C=O) groups is 1. The molecule has 1 aliphatic heterocycles. The predicted molar refractivity (Wildman–Crippen MR) is 102 cm³/mol. The lowest BCUT2D eigenvalue weighted by atomic mass is 10.2. The molecule has 1 amide bonds. The lowest BCUT2D eigenvalue weighted by Gasteiger charge is -2.14. The van der Waals surface area contributed by atoms with Gasteiger partial charge in [-0.2, -0.15) is 0 Å². The molecule has 1 aliphatic rings. The van der Waals surface area contributed by atoms with Gasteiger partial charge in [-0.05, 0) is 62.2 Å². The standard InChI is InChI=1S/C17H24ClN3O3S/c1-12-10-13(18)6-7-15(12)24-9-3-5-16(22)20-21-17(25)19-11-14-4-2-8-23-14/h6-7,10,14H,2-5,8-9,11H2,1H3,(H,20,22)(H2,19,21,25)/t14-/m1/s1. The maximum atomic E-state index is 11.8. The summed E-state index contributed by atoms with van der Waals surface area (Å²) in [6, 6.07) is 5.46. The van der Waals surface area contributed by atoms with Gasteiger partial charge in [-0.25, -0.2) is 0 Å². The van der Waals surface area contributed by atoms with Crippen LogP contribution in [-0.2, 0) is 9.53 Å². The normalized spacial score (nSPS) is 16.3. The monoisotopic (exact) mass is 385 g/mol. The molecule has 2 rings (SSSR count). The second-order valence-corrected chi connectivity index (χ2v) is 6.72. The van der Waals surface area contributed by atoms with E-state index in [0.29, 0.717) is 36.1 Å². The highest BCUT2D eigenvalue weighted by atomic mass is 35.5. The summed E-state index contributed by atoms with van der Waals surface area (Å²) in [6.45, 7) is 3.84. The van der Waals surface area contributed by atoms with Gasteiger partial charge in [-0.15, -0.1) is 0 Å². The van der Waals surface area contributed by atoms with E-state index in [-0.39, 0.29) is 12.0 Å². The number of halogens is 1. The molecular formula is C17H24ClN3O3S. The van der Waals surface area contributed by atoms with Crippen molar-refractivity contribution in [1.29, 1.82) is 0 Å². The van der Waals surface area contributed by atoms with Crippen LogP contribution in [0.2, 0.25) is 5.02 Å². The number of hydrazine groups is 1. The topological polar surface area (TPSA) is 71.6 Å². The van der Waals surface area contributed by atoms with Gasteiger partial charge in [-0.3, -0.25) is 15.6 Å². The van der Waals surface area contributed by atoms with Crippen molar-refractivity contribution in [2.24, 2.45) is 0 Å². The molecule has 1 saturated heterocycles. The Bertz CT molecular complexity index is 595. The van der Waals surface area contributed by atoms with Crippen LogP contribution in [0.5, 0.6) is 5.75 Å². The number of nitrogens with one attached hydrogen (secondary N) is 3. The van der Waals surface area contributed by atoms with Gasteiger partial charge >= 0.3 is 0 Å². The molecular weight excluding hydrogens is 362 g/mol. The van der Waals surface area contributed by atoms with E-state index in [1.54, 1.807) is 6.07 Å². The van der Waals surface area contributed by atoms with E-state index in [1.165, 1.54) is 0 Å². The van der Waals surface area contributed by atoms with Gasteiger partial charge in [0.1, 0.15) is 5.75 Å². The zero-order chi connectivity index (χ0) is 18.1. The van der Waals surface area contributed by atoms with Gasteiger partial charge in [0.2, 0.25) is 5.91 Å². The fourth-order valence-electron chi connectivity index (χ4n) is 2.43. The molecule has 1 atom stereocenters. The summed E-state index contributed by atoms with van der Waals surface area (Å²) in [5.74, 6) is 0.639. The Morgan fingerprint density at radius 3 is 3.00 bits per heavy atom. The lowest BCUT2D eigenvalue weighted by Crippen LogP contribution is -2.48. The molecule has 0 radical (unpaired) electrons. The summed E-state index contributed by atoms with van der Waals surface area (Å²) in [5.41, 5.74) is 6.23. The molecule has 0 spiro atoms. The number of rotatable bonds is 7. The highest BCUT2D eigenvalue weighted by molar-refractivity contribution is 7.80. The van der Waals surface area contributed by atoms with Crippen molar-refractivity contribution in [2.45, 2.75) is 38.7 Å². The van der Waals surface area contributed by atoms with E-state index in [0.717, 1.165) is 30.8 Å². The fraction of sp³-hybridized carbons (Fsp3) is 0.529. The summed E-state index contributed by atoms with van der Waals surface area (Å²) in [4.78, 5) is 11.8. The third-order valence-corrected chi connectivity index (χ3v) is 4.25. The molecule has 138 valence electrons. The maximum absolute atomic E-state index is 11.8. The first-order valence-electron chi connectivity index (χ1n) is 8.38. The van der Waals surface area contributed by atoms with Crippen molar-refractivity contribution in [3.05, 3.63) is 28.8 Å². The molecule has 1 heterocycles. The van der Waals surface area contributed by atoms with Crippen molar-refractivity contribution in [3.8, 4) is 5.75 Å². The number of hydrogen-bond donors (Lipinski definition) is 3. The molecule has 1 aromatic rings. The van der Waals surface area contributed by atoms with E-state index in [1.807, 2.05) is 19.1 Å². The number of ether oxygens (including phenoxy) is 2. The molecule has 0 aliphatic carbocycles. The zero-order valence-electron chi connectivity index (χ0n) is 14.3. The van der Waals surface area contributed by atoms with Crippen LogP contribution in [-0.4, -0.2) is 36.9 Å². The maximum Gasteiger partial charge on any atom is 0.238 e. The van der Waals surface area contributed by atoms with E-state index >= 15 is 0 Å². The summed E-state index contributed by atoms with van der Waals surface area (Å²) in [5, 5.41) is 4.09. The number of carbonyl (C=O) groups excluding carboxylic acids is 1. The Labute approximate surface area is 158 Å². The Kier molecular flexibility index (Phi) is 8.24. The van der Waals surface area contributed by atoms with Crippen molar-refractivity contribution in [3.63, 3.8) is 0 Å². The summed E-state index contributed by atoms with van der Waals surface area (Å²) in [7, 11) is 0. The quantitative estimate of drug-likeness (QED) is 0.380.